The number of epoxide rings is 1. The largest absolute Gasteiger partial charge is 0.469 e. The van der Waals surface area contributed by atoms with Crippen LogP contribution in [0.5, 0.6) is 0 Å². The van der Waals surface area contributed by atoms with Gasteiger partial charge < -0.3 is 24.0 Å². The number of ether oxygens (including phenoxy) is 3. The molecule has 1 aliphatic rings. The minimum absolute atomic E-state index is 0.117. The van der Waals surface area contributed by atoms with Crippen LogP contribution in [0.1, 0.15) is 162 Å². The molecule has 9 nitrogen and oxygen atoms in total. The second-order valence-corrected chi connectivity index (χ2v) is 14.2. The molecule has 1 heterocycles. The highest BCUT2D eigenvalue weighted by Crippen LogP contribution is 2.36. The summed E-state index contributed by atoms with van der Waals surface area (Å²) in [5, 5.41) is 0. The fourth-order valence-corrected chi connectivity index (χ4v) is 5.76. The minimum Gasteiger partial charge on any atom is -0.462 e. The highest BCUT2D eigenvalue weighted by atomic mass is 31.2. The summed E-state index contributed by atoms with van der Waals surface area (Å²) in [6.45, 7) is 3.58. The smallest absolute Gasteiger partial charge is 0.462 e. The third-order valence-electron chi connectivity index (χ3n) is 8.34. The summed E-state index contributed by atoms with van der Waals surface area (Å²) in [6, 6.07) is 0. The summed E-state index contributed by atoms with van der Waals surface area (Å²) in [5.74, 6) is -0.961. The average Bonchev–Trinajstić information content (AvgIpc) is 3.80. The van der Waals surface area contributed by atoms with E-state index in [-0.39, 0.29) is 31.7 Å². The van der Waals surface area contributed by atoms with Crippen LogP contribution in [-0.4, -0.2) is 53.3 Å². The quantitative estimate of drug-likeness (QED) is 0.0226. The highest BCUT2D eigenvalue weighted by Gasteiger charge is 2.36. The van der Waals surface area contributed by atoms with E-state index in [1.165, 1.54) is 77.0 Å². The first-order chi connectivity index (χ1) is 23.2. The van der Waals surface area contributed by atoms with Crippen molar-refractivity contribution in [3.8, 4) is 0 Å². The van der Waals surface area contributed by atoms with E-state index >= 15 is 0 Å². The SMILES string of the molecule is CCCCC/C=C\C/C=C\C/C=C\CC1OC1CCCC(=O)O[C@H](COC(=O)CCCCCCCCCCCCCC)COP(=O)(O)O. The Hall–Kier alpha value is -1.77. The minimum atomic E-state index is -4.77. The lowest BCUT2D eigenvalue weighted by Crippen LogP contribution is -2.29. The topological polar surface area (TPSA) is 132 Å². The van der Waals surface area contributed by atoms with Crippen molar-refractivity contribution in [1.82, 2.24) is 0 Å². The van der Waals surface area contributed by atoms with Gasteiger partial charge in [-0.25, -0.2) is 4.57 Å². The van der Waals surface area contributed by atoms with Gasteiger partial charge in [-0.15, -0.1) is 0 Å². The van der Waals surface area contributed by atoms with Crippen molar-refractivity contribution in [2.75, 3.05) is 13.2 Å². The van der Waals surface area contributed by atoms with E-state index in [4.69, 9.17) is 24.0 Å². The first kappa shape index (κ1) is 44.3. The van der Waals surface area contributed by atoms with Crippen LogP contribution in [0.4, 0.5) is 0 Å². The van der Waals surface area contributed by atoms with Gasteiger partial charge in [-0.05, 0) is 51.4 Å². The molecule has 2 N–H and O–H groups in total. The van der Waals surface area contributed by atoms with Gasteiger partial charge in [-0.2, -0.15) is 0 Å². The number of esters is 2. The number of hydrogen-bond donors (Lipinski definition) is 2. The zero-order valence-electron chi connectivity index (χ0n) is 30.1. The van der Waals surface area contributed by atoms with Crippen LogP contribution in [0.15, 0.2) is 36.5 Å². The van der Waals surface area contributed by atoms with E-state index in [2.05, 4.69) is 54.8 Å². The lowest BCUT2D eigenvalue weighted by atomic mass is 10.0. The summed E-state index contributed by atoms with van der Waals surface area (Å²) < 4.78 is 32.0. The monoisotopic (exact) mass is 698 g/mol. The normalized spacial score (nSPS) is 17.1. The molecule has 2 unspecified atom stereocenters. The van der Waals surface area contributed by atoms with Gasteiger partial charge >= 0.3 is 19.8 Å². The molecule has 0 aromatic rings. The Kier molecular flexibility index (Phi) is 27.7. The van der Waals surface area contributed by atoms with Crippen LogP contribution >= 0.6 is 7.82 Å². The van der Waals surface area contributed by atoms with Gasteiger partial charge in [-0.3, -0.25) is 14.1 Å². The predicted octanol–water partition coefficient (Wildman–Crippen LogP) is 10.00. The maximum absolute atomic E-state index is 12.4. The summed E-state index contributed by atoms with van der Waals surface area (Å²) in [5.41, 5.74) is 0. The molecule has 0 aromatic carbocycles. The van der Waals surface area contributed by atoms with Crippen LogP contribution in [0.25, 0.3) is 0 Å². The van der Waals surface area contributed by atoms with Crippen molar-refractivity contribution in [3.05, 3.63) is 36.5 Å². The van der Waals surface area contributed by atoms with E-state index in [0.29, 0.717) is 12.8 Å². The molecule has 48 heavy (non-hydrogen) atoms. The van der Waals surface area contributed by atoms with Crippen LogP contribution in [0, 0.1) is 0 Å². The molecule has 3 atom stereocenters. The number of phosphoric acid groups is 1. The Labute approximate surface area is 291 Å². The van der Waals surface area contributed by atoms with Crippen molar-refractivity contribution < 1.29 is 42.7 Å². The van der Waals surface area contributed by atoms with Gasteiger partial charge in [0.1, 0.15) is 6.61 Å². The molecule has 0 aromatic heterocycles. The van der Waals surface area contributed by atoms with Gasteiger partial charge in [0.2, 0.25) is 0 Å². The van der Waals surface area contributed by atoms with Crippen LogP contribution in [-0.2, 0) is 32.9 Å². The second-order valence-electron chi connectivity index (χ2n) is 12.9. The van der Waals surface area contributed by atoms with Gasteiger partial charge in [0.15, 0.2) is 6.10 Å². The predicted molar refractivity (Wildman–Crippen MR) is 192 cm³/mol. The number of rotatable bonds is 33. The lowest BCUT2D eigenvalue weighted by molar-refractivity contribution is -0.161. The van der Waals surface area contributed by atoms with E-state index in [1.807, 2.05) is 0 Å². The van der Waals surface area contributed by atoms with Crippen LogP contribution in [0.3, 0.4) is 0 Å². The number of allylic oxidation sites excluding steroid dienone is 5. The van der Waals surface area contributed by atoms with Crippen molar-refractivity contribution in [2.24, 2.45) is 0 Å². The second kappa shape index (κ2) is 30.1. The Morgan fingerprint density at radius 2 is 1.21 bits per heavy atom. The fraction of sp³-hybridized carbons (Fsp3) is 0.789. The van der Waals surface area contributed by atoms with E-state index in [0.717, 1.165) is 44.9 Å². The maximum atomic E-state index is 12.4. The first-order valence-electron chi connectivity index (χ1n) is 18.9. The van der Waals surface area contributed by atoms with Gasteiger partial charge in [0, 0.05) is 12.8 Å². The Bertz CT molecular complexity index is 942. The molecular weight excluding hydrogens is 631 g/mol. The van der Waals surface area contributed by atoms with E-state index in [1.54, 1.807) is 0 Å². The Balaban J connectivity index is 2.16. The molecule has 1 saturated heterocycles. The van der Waals surface area contributed by atoms with Gasteiger partial charge in [-0.1, -0.05) is 134 Å². The average molecular weight is 699 g/mol. The number of unbranched alkanes of at least 4 members (excludes halogenated alkanes) is 14. The third-order valence-corrected chi connectivity index (χ3v) is 8.82. The third kappa shape index (κ3) is 29.2. The van der Waals surface area contributed by atoms with Crippen LogP contribution in [0.2, 0.25) is 0 Å². The molecule has 1 rings (SSSR count). The standard InChI is InChI=1S/C38H67O9P/c1-3-5-7-9-11-13-15-17-19-21-23-25-28-35-36(47-35)29-27-31-38(40)46-34(33-45-48(41,42)43)32-44-37(39)30-26-24-22-20-18-16-14-12-10-8-6-4-2/h11,13,17,19,23,25,34-36H,3-10,12,14-16,18,20-22,24,26-33H2,1-2H3,(H2,41,42,43)/b13-11-,19-17-,25-23-/t34-,35?,36?/m1/s1. The molecule has 0 amide bonds. The van der Waals surface area contributed by atoms with Crippen LogP contribution < -0.4 is 0 Å². The number of carbonyl (C=O) groups is 2. The number of hydrogen-bond acceptors (Lipinski definition) is 7. The lowest BCUT2D eigenvalue weighted by Gasteiger charge is -2.18. The number of phosphoric ester groups is 1. The Morgan fingerprint density at radius 3 is 1.83 bits per heavy atom. The van der Waals surface area contributed by atoms with Gasteiger partial charge in [0.25, 0.3) is 0 Å². The Morgan fingerprint density at radius 1 is 0.667 bits per heavy atom. The zero-order chi connectivity index (χ0) is 35.1. The molecule has 278 valence electrons. The van der Waals surface area contributed by atoms with E-state index < -0.39 is 32.5 Å². The summed E-state index contributed by atoms with van der Waals surface area (Å²) in [6.07, 6.45) is 36.0. The van der Waals surface area contributed by atoms with Crippen molar-refractivity contribution >= 4 is 19.8 Å². The molecule has 1 aliphatic heterocycles. The highest BCUT2D eigenvalue weighted by molar-refractivity contribution is 7.46. The molecule has 0 spiro atoms. The van der Waals surface area contributed by atoms with E-state index in [9.17, 15) is 14.2 Å². The van der Waals surface area contributed by atoms with Crippen molar-refractivity contribution in [1.29, 1.82) is 0 Å². The molecule has 0 radical (unpaired) electrons. The summed E-state index contributed by atoms with van der Waals surface area (Å²) in [7, 11) is -4.77. The molecule has 0 aliphatic carbocycles. The summed E-state index contributed by atoms with van der Waals surface area (Å²) >= 11 is 0. The summed E-state index contributed by atoms with van der Waals surface area (Å²) in [4.78, 5) is 42.8. The number of carbonyl (C=O) groups excluding carboxylic acids is 2. The fourth-order valence-electron chi connectivity index (χ4n) is 5.40. The maximum Gasteiger partial charge on any atom is 0.469 e. The molecule has 0 saturated carbocycles. The molecule has 10 heteroatoms. The first-order valence-corrected chi connectivity index (χ1v) is 20.4. The molecular formula is C38H67O9P. The van der Waals surface area contributed by atoms with Gasteiger partial charge in [0.05, 0.1) is 18.8 Å². The molecule has 0 bridgehead atoms. The van der Waals surface area contributed by atoms with Crippen molar-refractivity contribution in [2.45, 2.75) is 180 Å². The van der Waals surface area contributed by atoms with Crippen molar-refractivity contribution in [3.63, 3.8) is 0 Å². The zero-order valence-corrected chi connectivity index (χ0v) is 31.0. The molecule has 1 fully saturated rings.